The van der Waals surface area contributed by atoms with Crippen molar-refractivity contribution in [2.75, 3.05) is 52.4 Å². The number of aryl methyl sites for hydroxylation is 2. The molecule has 17 nitrogen and oxygen atoms in total. The fraction of sp³-hybridized carbons (Fsp3) is 0.467. The molecule has 1 saturated heterocycles. The predicted molar refractivity (Wildman–Crippen MR) is 226 cm³/mol. The molecule has 3 saturated carbocycles. The lowest BCUT2D eigenvalue weighted by atomic mass is 9.57. The normalized spacial score (nSPS) is 19.8. The topological polar surface area (TPSA) is 200 Å². The van der Waals surface area contributed by atoms with Crippen molar-refractivity contribution in [3.63, 3.8) is 0 Å². The number of piperidine rings is 1. The first kappa shape index (κ1) is 42.3. The average Bonchev–Trinajstić information content (AvgIpc) is 3.76. The van der Waals surface area contributed by atoms with Crippen LogP contribution in [0.3, 0.4) is 0 Å². The number of hydrogen-bond acceptors (Lipinski definition) is 12. The van der Waals surface area contributed by atoms with Crippen LogP contribution in [0.15, 0.2) is 47.5 Å². The molecule has 5 aliphatic rings. The summed E-state index contributed by atoms with van der Waals surface area (Å²) in [6.07, 6.45) is 6.45. The third-order valence-electron chi connectivity index (χ3n) is 12.9. The minimum atomic E-state index is -1.22. The van der Waals surface area contributed by atoms with Crippen molar-refractivity contribution >= 4 is 51.8 Å². The maximum atomic E-state index is 13.7. The van der Waals surface area contributed by atoms with Crippen LogP contribution in [0.1, 0.15) is 77.6 Å². The van der Waals surface area contributed by atoms with E-state index in [1.807, 2.05) is 12.1 Å². The van der Waals surface area contributed by atoms with Gasteiger partial charge >= 0.3 is 0 Å². The van der Waals surface area contributed by atoms with E-state index < -0.39 is 17.4 Å². The third-order valence-corrected chi connectivity index (χ3v) is 12.9. The molecule has 326 valence electrons. The number of Topliss-reactive ketones (excluding diaryl/α,β-unsaturated/α-hetero) is 2. The largest absolute Gasteiger partial charge is 0.496 e. The summed E-state index contributed by atoms with van der Waals surface area (Å²) in [6.45, 7) is 1.81. The van der Waals surface area contributed by atoms with Gasteiger partial charge in [-0.3, -0.25) is 43.1 Å². The van der Waals surface area contributed by atoms with E-state index in [0.29, 0.717) is 68.0 Å². The lowest BCUT2D eigenvalue weighted by Gasteiger charge is -2.53. The SMILES string of the molecule is COc1cc(-c2cn(C)c(=O)c3c2cnn3C)cc(OC)c1CCCC(=O)NCCOCCC(=O)N1CCC(Nc2cccc3c2C(=O)N(C24CC(C2)C(=O)CC4=O)C3=O)CC1. The van der Waals surface area contributed by atoms with Gasteiger partial charge in [-0.05, 0) is 68.4 Å². The molecule has 0 atom stereocenters. The Bertz CT molecular complexity index is 2520. The van der Waals surface area contributed by atoms with Gasteiger partial charge in [0.05, 0.1) is 57.6 Å². The van der Waals surface area contributed by atoms with Gasteiger partial charge in [-0.2, -0.15) is 5.10 Å². The molecule has 2 aromatic heterocycles. The van der Waals surface area contributed by atoms with Crippen molar-refractivity contribution < 1.29 is 43.0 Å². The molecule has 4 heterocycles. The number of imide groups is 1. The molecule has 2 aromatic carbocycles. The van der Waals surface area contributed by atoms with Crippen LogP contribution in [0.2, 0.25) is 0 Å². The van der Waals surface area contributed by atoms with Crippen molar-refractivity contribution in [1.29, 1.82) is 0 Å². The second-order valence-electron chi connectivity index (χ2n) is 16.6. The number of ketones is 2. The first-order valence-electron chi connectivity index (χ1n) is 21.1. The highest BCUT2D eigenvalue weighted by atomic mass is 16.5. The van der Waals surface area contributed by atoms with E-state index in [4.69, 9.17) is 14.2 Å². The summed E-state index contributed by atoms with van der Waals surface area (Å²) in [6, 6.07) is 8.84. The fourth-order valence-electron chi connectivity index (χ4n) is 9.46. The average molecular weight is 850 g/mol. The molecule has 4 fully saturated rings. The number of methoxy groups -OCH3 is 2. The quantitative estimate of drug-likeness (QED) is 0.0950. The molecule has 17 heteroatoms. The van der Waals surface area contributed by atoms with Gasteiger partial charge in [0.15, 0.2) is 5.78 Å². The van der Waals surface area contributed by atoms with Crippen LogP contribution < -0.4 is 25.7 Å². The van der Waals surface area contributed by atoms with Gasteiger partial charge in [-0.1, -0.05) is 6.07 Å². The Balaban J connectivity index is 0.743. The van der Waals surface area contributed by atoms with Crippen LogP contribution in [0, 0.1) is 5.92 Å². The number of fused-ring (bicyclic) bond motifs is 4. The predicted octanol–water partition coefficient (Wildman–Crippen LogP) is 3.19. The standard InChI is InChI=1S/C45H51N7O10/c1-49-25-32(31-24-47-50(2)41(31)44(49)59)26-19-35(60-3)29(36(20-26)61-4)7-6-10-38(55)46-14-18-62-17-13-39(56)51-15-11-28(12-16-51)48-33-9-5-8-30-40(33)43(58)52(42(30)57)45-22-27(23-45)34(53)21-37(45)54/h5,8-9,19-20,24-25,27-28,48H,6-7,10-18,21-23H2,1-4H3,(H,46,55). The zero-order valence-corrected chi connectivity index (χ0v) is 35.4. The number of carbonyl (C=O) groups is 6. The van der Waals surface area contributed by atoms with Crippen LogP contribution in [-0.2, 0) is 44.4 Å². The van der Waals surface area contributed by atoms with E-state index in [1.54, 1.807) is 68.5 Å². The molecule has 4 aromatic rings. The molecule has 4 amide bonds. The van der Waals surface area contributed by atoms with E-state index in [0.717, 1.165) is 27.0 Å². The Morgan fingerprint density at radius 1 is 0.919 bits per heavy atom. The highest BCUT2D eigenvalue weighted by Crippen LogP contribution is 2.52. The first-order chi connectivity index (χ1) is 29.8. The highest BCUT2D eigenvalue weighted by molar-refractivity contribution is 6.27. The minimum Gasteiger partial charge on any atom is -0.496 e. The second-order valence-corrected chi connectivity index (χ2v) is 16.6. The number of amides is 4. The molecule has 3 aliphatic carbocycles. The van der Waals surface area contributed by atoms with Gasteiger partial charge in [0.25, 0.3) is 17.4 Å². The van der Waals surface area contributed by atoms with Crippen LogP contribution in [0.5, 0.6) is 11.5 Å². The number of ether oxygens (including phenoxy) is 3. The Morgan fingerprint density at radius 2 is 1.65 bits per heavy atom. The molecule has 0 unspecified atom stereocenters. The summed E-state index contributed by atoms with van der Waals surface area (Å²) in [7, 11) is 6.61. The molecule has 62 heavy (non-hydrogen) atoms. The molecule has 9 rings (SSSR count). The second kappa shape index (κ2) is 17.2. The summed E-state index contributed by atoms with van der Waals surface area (Å²) in [5.74, 6) is -0.682. The maximum absolute atomic E-state index is 13.7. The van der Waals surface area contributed by atoms with Gasteiger partial charge in [-0.15, -0.1) is 0 Å². The number of aromatic nitrogens is 3. The van der Waals surface area contributed by atoms with E-state index in [1.165, 1.54) is 4.57 Å². The summed E-state index contributed by atoms with van der Waals surface area (Å²) >= 11 is 0. The Labute approximate surface area is 357 Å². The van der Waals surface area contributed by atoms with Crippen LogP contribution >= 0.6 is 0 Å². The Hall–Kier alpha value is -6.36. The molecule has 2 aliphatic heterocycles. The van der Waals surface area contributed by atoms with Crippen molar-refractivity contribution in [3.8, 4) is 22.6 Å². The van der Waals surface area contributed by atoms with E-state index in [-0.39, 0.29) is 97.3 Å². The summed E-state index contributed by atoms with van der Waals surface area (Å²) in [4.78, 5) is 93.5. The number of nitrogens with zero attached hydrogens (tertiary/aromatic N) is 5. The van der Waals surface area contributed by atoms with Gasteiger partial charge in [0.2, 0.25) is 11.8 Å². The number of anilines is 1. The minimum absolute atomic E-state index is 0.0307. The molecule has 2 bridgehead atoms. The maximum Gasteiger partial charge on any atom is 0.276 e. The lowest BCUT2D eigenvalue weighted by molar-refractivity contribution is -0.153. The fourth-order valence-corrected chi connectivity index (χ4v) is 9.46. The molecular formula is C45H51N7O10. The number of pyridine rings is 1. The summed E-state index contributed by atoms with van der Waals surface area (Å²) in [5.41, 5.74) is 2.61. The first-order valence-corrected chi connectivity index (χ1v) is 21.1. The van der Waals surface area contributed by atoms with Gasteiger partial charge < -0.3 is 34.3 Å². The van der Waals surface area contributed by atoms with E-state index in [2.05, 4.69) is 15.7 Å². The molecule has 0 spiro atoms. The lowest BCUT2D eigenvalue weighted by Crippen LogP contribution is -2.68. The Morgan fingerprint density at radius 3 is 2.34 bits per heavy atom. The third kappa shape index (κ3) is 7.62. The monoisotopic (exact) mass is 849 g/mol. The molecule has 0 radical (unpaired) electrons. The number of rotatable bonds is 16. The zero-order valence-electron chi connectivity index (χ0n) is 35.4. The number of nitrogens with one attached hydrogen (secondary N) is 2. The molecule has 2 N–H and O–H groups in total. The van der Waals surface area contributed by atoms with Gasteiger partial charge in [-0.25, -0.2) is 0 Å². The van der Waals surface area contributed by atoms with Gasteiger partial charge in [0.1, 0.15) is 28.3 Å². The number of likely N-dealkylation sites (tertiary alicyclic amines) is 1. The van der Waals surface area contributed by atoms with E-state index in [9.17, 15) is 33.6 Å². The van der Waals surface area contributed by atoms with Crippen molar-refractivity contribution in [2.45, 2.75) is 69.4 Å². The smallest absolute Gasteiger partial charge is 0.276 e. The van der Waals surface area contributed by atoms with Crippen LogP contribution in [0.4, 0.5) is 5.69 Å². The Kier molecular flexibility index (Phi) is 11.7. The van der Waals surface area contributed by atoms with Crippen molar-refractivity contribution in [2.24, 2.45) is 20.0 Å². The summed E-state index contributed by atoms with van der Waals surface area (Å²) < 4.78 is 20.3. The van der Waals surface area contributed by atoms with Crippen molar-refractivity contribution in [1.82, 2.24) is 29.5 Å². The number of hydrogen-bond donors (Lipinski definition) is 2. The van der Waals surface area contributed by atoms with Gasteiger partial charge in [0, 0.05) is 80.5 Å². The van der Waals surface area contributed by atoms with Crippen LogP contribution in [-0.4, -0.2) is 118 Å². The number of benzene rings is 2. The van der Waals surface area contributed by atoms with Crippen molar-refractivity contribution in [3.05, 3.63) is 69.8 Å². The highest BCUT2D eigenvalue weighted by Gasteiger charge is 2.64. The van der Waals surface area contributed by atoms with Crippen LogP contribution in [0.25, 0.3) is 22.0 Å². The molecular weight excluding hydrogens is 799 g/mol. The summed E-state index contributed by atoms with van der Waals surface area (Å²) in [5, 5.41) is 11.3. The zero-order chi connectivity index (χ0) is 43.9. The number of carbonyl (C=O) groups excluding carboxylic acids is 6. The van der Waals surface area contributed by atoms with E-state index >= 15 is 0 Å².